The Morgan fingerprint density at radius 1 is 1.25 bits per heavy atom. The lowest BCUT2D eigenvalue weighted by atomic mass is 10.0. The van der Waals surface area contributed by atoms with Crippen molar-refractivity contribution >= 4 is 5.91 Å². The highest BCUT2D eigenvalue weighted by molar-refractivity contribution is 5.85. The van der Waals surface area contributed by atoms with E-state index in [-0.39, 0.29) is 18.1 Å². The molecule has 0 radical (unpaired) electrons. The van der Waals surface area contributed by atoms with Gasteiger partial charge in [0.15, 0.2) is 0 Å². The van der Waals surface area contributed by atoms with Gasteiger partial charge < -0.3 is 4.90 Å². The van der Waals surface area contributed by atoms with Crippen molar-refractivity contribution in [3.8, 4) is 0 Å². The minimum atomic E-state index is -0.0412. The van der Waals surface area contributed by atoms with Crippen molar-refractivity contribution in [3.05, 3.63) is 34.9 Å². The van der Waals surface area contributed by atoms with Crippen LogP contribution in [0.1, 0.15) is 49.5 Å². The fourth-order valence-electron chi connectivity index (χ4n) is 3.12. The number of carbonyl (C=O) groups is 1. The van der Waals surface area contributed by atoms with Gasteiger partial charge in [-0.25, -0.2) is 0 Å². The molecule has 3 rings (SSSR count). The Kier molecular flexibility index (Phi) is 3.33. The maximum Gasteiger partial charge on any atom is 0.241 e. The molecule has 2 atom stereocenters. The second-order valence-electron chi connectivity index (χ2n) is 6.63. The molecule has 1 saturated heterocycles. The minimum absolute atomic E-state index is 0.0412. The summed E-state index contributed by atoms with van der Waals surface area (Å²) in [4.78, 5) is 14.8. The third-order valence-electron chi connectivity index (χ3n) is 4.47. The van der Waals surface area contributed by atoms with Gasteiger partial charge in [0.25, 0.3) is 0 Å². The molecule has 0 aromatic heterocycles. The van der Waals surface area contributed by atoms with Gasteiger partial charge in [-0.3, -0.25) is 10.1 Å². The second-order valence-corrected chi connectivity index (χ2v) is 6.63. The van der Waals surface area contributed by atoms with Gasteiger partial charge in [0.1, 0.15) is 6.17 Å². The molecule has 2 aliphatic rings. The summed E-state index contributed by atoms with van der Waals surface area (Å²) >= 11 is 0. The average molecular weight is 272 g/mol. The molecule has 3 nitrogen and oxygen atoms in total. The van der Waals surface area contributed by atoms with Crippen molar-refractivity contribution in [2.45, 2.75) is 58.8 Å². The molecule has 1 aromatic rings. The normalized spacial score (nSPS) is 26.6. The van der Waals surface area contributed by atoms with Crippen LogP contribution in [-0.2, 0) is 4.79 Å². The molecule has 3 heteroatoms. The standard InChI is InChI=1S/C17H24N2O/c1-10(2)15-17(20)19(13-7-8-13)16(18-15)14-9-11(3)5-6-12(14)4/h5-6,9-10,13,15-16,18H,7-8H2,1-4H3. The number of hydrogen-bond donors (Lipinski definition) is 1. The molecule has 1 heterocycles. The van der Waals surface area contributed by atoms with Crippen molar-refractivity contribution in [1.82, 2.24) is 10.2 Å². The fourth-order valence-corrected chi connectivity index (χ4v) is 3.12. The number of nitrogens with one attached hydrogen (secondary N) is 1. The predicted molar refractivity (Wildman–Crippen MR) is 80.3 cm³/mol. The summed E-state index contributed by atoms with van der Waals surface area (Å²) in [7, 11) is 0. The van der Waals surface area contributed by atoms with E-state index in [2.05, 4.69) is 56.1 Å². The van der Waals surface area contributed by atoms with Crippen LogP contribution < -0.4 is 5.32 Å². The topological polar surface area (TPSA) is 32.3 Å². The Morgan fingerprint density at radius 2 is 1.95 bits per heavy atom. The van der Waals surface area contributed by atoms with Crippen LogP contribution in [0.4, 0.5) is 0 Å². The fraction of sp³-hybridized carbons (Fsp3) is 0.588. The zero-order valence-corrected chi connectivity index (χ0v) is 12.8. The molecule has 20 heavy (non-hydrogen) atoms. The van der Waals surface area contributed by atoms with Crippen LogP contribution in [0.3, 0.4) is 0 Å². The largest absolute Gasteiger partial charge is 0.319 e. The van der Waals surface area contributed by atoms with E-state index in [1.165, 1.54) is 16.7 Å². The Balaban J connectivity index is 1.98. The van der Waals surface area contributed by atoms with Gasteiger partial charge >= 0.3 is 0 Å². The van der Waals surface area contributed by atoms with Gasteiger partial charge in [-0.1, -0.05) is 37.6 Å². The van der Waals surface area contributed by atoms with Crippen molar-refractivity contribution in [3.63, 3.8) is 0 Å². The lowest BCUT2D eigenvalue weighted by Gasteiger charge is -2.26. The van der Waals surface area contributed by atoms with E-state index in [0.717, 1.165) is 12.8 Å². The van der Waals surface area contributed by atoms with Gasteiger partial charge in [-0.15, -0.1) is 0 Å². The molecule has 0 spiro atoms. The van der Waals surface area contributed by atoms with E-state index >= 15 is 0 Å². The van der Waals surface area contributed by atoms with Crippen molar-refractivity contribution < 1.29 is 4.79 Å². The number of rotatable bonds is 3. The summed E-state index contributed by atoms with van der Waals surface area (Å²) in [6.07, 6.45) is 2.36. The third kappa shape index (κ3) is 2.24. The van der Waals surface area contributed by atoms with Crippen LogP contribution in [0.25, 0.3) is 0 Å². The second kappa shape index (κ2) is 4.88. The highest BCUT2D eigenvalue weighted by atomic mass is 16.2. The van der Waals surface area contributed by atoms with Crippen LogP contribution >= 0.6 is 0 Å². The van der Waals surface area contributed by atoms with E-state index in [9.17, 15) is 4.79 Å². The Labute approximate surface area is 121 Å². The molecular formula is C17H24N2O. The first-order valence-electron chi connectivity index (χ1n) is 7.64. The first kappa shape index (κ1) is 13.6. The monoisotopic (exact) mass is 272 g/mol. The highest BCUT2D eigenvalue weighted by Gasteiger charge is 2.47. The number of hydrogen-bond acceptors (Lipinski definition) is 2. The van der Waals surface area contributed by atoms with Gasteiger partial charge in [0.05, 0.1) is 6.04 Å². The van der Waals surface area contributed by atoms with Crippen LogP contribution in [0.2, 0.25) is 0 Å². The van der Waals surface area contributed by atoms with Gasteiger partial charge in [-0.2, -0.15) is 0 Å². The summed E-state index contributed by atoms with van der Waals surface area (Å²) in [5, 5.41) is 3.57. The SMILES string of the molecule is Cc1ccc(C)c(C2NC(C(C)C)C(=O)N2C2CC2)c1. The lowest BCUT2D eigenvalue weighted by molar-refractivity contribution is -0.131. The molecule has 1 aliphatic carbocycles. The molecule has 1 amide bonds. The van der Waals surface area contributed by atoms with Crippen LogP contribution in [0, 0.1) is 19.8 Å². The Morgan fingerprint density at radius 3 is 2.55 bits per heavy atom. The lowest BCUT2D eigenvalue weighted by Crippen LogP contribution is -2.35. The number of nitrogens with zero attached hydrogens (tertiary/aromatic N) is 1. The van der Waals surface area contributed by atoms with Crippen LogP contribution in [0.5, 0.6) is 0 Å². The predicted octanol–water partition coefficient (Wildman–Crippen LogP) is 2.92. The average Bonchev–Trinajstić information content (AvgIpc) is 3.16. The summed E-state index contributed by atoms with van der Waals surface area (Å²) in [6, 6.07) is 6.92. The molecular weight excluding hydrogens is 248 g/mol. The number of benzene rings is 1. The quantitative estimate of drug-likeness (QED) is 0.917. The molecule has 1 aromatic carbocycles. The van der Waals surface area contributed by atoms with Gasteiger partial charge in [0, 0.05) is 6.04 Å². The molecule has 1 aliphatic heterocycles. The van der Waals surface area contributed by atoms with Gasteiger partial charge in [0.2, 0.25) is 5.91 Å². The Hall–Kier alpha value is -1.35. The maximum atomic E-state index is 12.7. The molecule has 1 N–H and O–H groups in total. The van der Waals surface area contributed by atoms with E-state index in [0.29, 0.717) is 12.0 Å². The van der Waals surface area contributed by atoms with Crippen molar-refractivity contribution in [2.75, 3.05) is 0 Å². The van der Waals surface area contributed by atoms with Crippen molar-refractivity contribution in [2.24, 2.45) is 5.92 Å². The molecule has 0 bridgehead atoms. The summed E-state index contributed by atoms with van der Waals surface area (Å²) in [6.45, 7) is 8.48. The third-order valence-corrected chi connectivity index (χ3v) is 4.47. The van der Waals surface area contributed by atoms with Crippen LogP contribution in [-0.4, -0.2) is 22.9 Å². The molecule has 1 saturated carbocycles. The van der Waals surface area contributed by atoms with Crippen LogP contribution in [0.15, 0.2) is 18.2 Å². The number of amides is 1. The summed E-state index contributed by atoms with van der Waals surface area (Å²) in [5.41, 5.74) is 3.77. The number of carbonyl (C=O) groups excluding carboxylic acids is 1. The minimum Gasteiger partial charge on any atom is -0.319 e. The summed E-state index contributed by atoms with van der Waals surface area (Å²) in [5.74, 6) is 0.618. The molecule has 108 valence electrons. The highest BCUT2D eigenvalue weighted by Crippen LogP contribution is 2.39. The van der Waals surface area contributed by atoms with E-state index in [1.54, 1.807) is 0 Å². The molecule has 2 unspecified atom stereocenters. The van der Waals surface area contributed by atoms with Crippen molar-refractivity contribution in [1.29, 1.82) is 0 Å². The first-order valence-corrected chi connectivity index (χ1v) is 7.64. The van der Waals surface area contributed by atoms with E-state index < -0.39 is 0 Å². The number of aryl methyl sites for hydroxylation is 2. The van der Waals surface area contributed by atoms with E-state index in [4.69, 9.17) is 0 Å². The smallest absolute Gasteiger partial charge is 0.241 e. The molecule has 2 fully saturated rings. The Bertz CT molecular complexity index is 534. The summed E-state index contributed by atoms with van der Waals surface area (Å²) < 4.78 is 0. The van der Waals surface area contributed by atoms with Gasteiger partial charge in [-0.05, 0) is 43.7 Å². The van der Waals surface area contributed by atoms with E-state index in [1.807, 2.05) is 0 Å². The maximum absolute atomic E-state index is 12.7. The zero-order valence-electron chi connectivity index (χ0n) is 12.8. The first-order chi connectivity index (χ1) is 9.49. The zero-order chi connectivity index (χ0) is 14.4.